The number of aromatic nitrogens is 1. The molecule has 1 saturated heterocycles. The molecule has 0 aliphatic carbocycles. The Kier molecular flexibility index (Phi) is 4.44. The summed E-state index contributed by atoms with van der Waals surface area (Å²) >= 11 is 0.880. The molecular formula is C17H15N2O4S-. The number of amides is 2. The first-order valence-corrected chi connectivity index (χ1v) is 8.28. The highest BCUT2D eigenvalue weighted by Gasteiger charge is 2.34. The minimum atomic E-state index is -1.19. The van der Waals surface area contributed by atoms with Gasteiger partial charge < -0.3 is 14.5 Å². The van der Waals surface area contributed by atoms with Crippen LogP contribution in [0.1, 0.15) is 18.4 Å². The van der Waals surface area contributed by atoms with Crippen molar-refractivity contribution in [3.8, 4) is 0 Å². The molecule has 2 aromatic rings. The van der Waals surface area contributed by atoms with E-state index in [2.05, 4.69) is 0 Å². The highest BCUT2D eigenvalue weighted by atomic mass is 32.2. The zero-order valence-electron chi connectivity index (χ0n) is 13.0. The molecule has 0 atom stereocenters. The number of benzene rings is 1. The Morgan fingerprint density at radius 1 is 1.29 bits per heavy atom. The predicted octanol–water partition coefficient (Wildman–Crippen LogP) is 1.74. The van der Waals surface area contributed by atoms with Crippen LogP contribution in [0.3, 0.4) is 0 Å². The van der Waals surface area contributed by atoms with Gasteiger partial charge in [-0.15, -0.1) is 0 Å². The van der Waals surface area contributed by atoms with Crippen LogP contribution in [0.4, 0.5) is 4.79 Å². The van der Waals surface area contributed by atoms with Crippen LogP contribution in [0, 0.1) is 0 Å². The lowest BCUT2D eigenvalue weighted by molar-refractivity contribution is -0.305. The number of aryl methyl sites for hydroxylation is 1. The number of carbonyl (C=O) groups excluding carboxylic acids is 3. The number of carboxylic acids is 1. The van der Waals surface area contributed by atoms with Crippen molar-refractivity contribution in [3.05, 3.63) is 40.9 Å². The summed E-state index contributed by atoms with van der Waals surface area (Å²) in [5.41, 5.74) is 1.91. The predicted molar refractivity (Wildman–Crippen MR) is 89.8 cm³/mol. The van der Waals surface area contributed by atoms with Gasteiger partial charge in [-0.05, 0) is 36.7 Å². The topological polar surface area (TPSA) is 82.4 Å². The Balaban J connectivity index is 1.84. The number of carboxylic acid groups (broad SMARTS) is 1. The summed E-state index contributed by atoms with van der Waals surface area (Å²) in [4.78, 5) is 36.3. The van der Waals surface area contributed by atoms with Crippen molar-refractivity contribution >= 4 is 45.9 Å². The van der Waals surface area contributed by atoms with Crippen LogP contribution in [0.2, 0.25) is 0 Å². The van der Waals surface area contributed by atoms with Gasteiger partial charge in [0, 0.05) is 42.2 Å². The zero-order chi connectivity index (χ0) is 17.3. The third-order valence-electron chi connectivity index (χ3n) is 3.85. The van der Waals surface area contributed by atoms with Crippen LogP contribution in [0.25, 0.3) is 17.0 Å². The molecule has 1 aromatic carbocycles. The summed E-state index contributed by atoms with van der Waals surface area (Å²) in [5, 5.41) is 11.1. The van der Waals surface area contributed by atoms with Crippen molar-refractivity contribution in [2.75, 3.05) is 6.54 Å². The van der Waals surface area contributed by atoms with Crippen molar-refractivity contribution in [2.45, 2.75) is 12.8 Å². The number of hydrogen-bond acceptors (Lipinski definition) is 5. The highest BCUT2D eigenvalue weighted by molar-refractivity contribution is 8.18. The van der Waals surface area contributed by atoms with Crippen LogP contribution in [-0.4, -0.2) is 33.1 Å². The number of rotatable bonds is 5. The monoisotopic (exact) mass is 343 g/mol. The van der Waals surface area contributed by atoms with Crippen molar-refractivity contribution in [1.29, 1.82) is 0 Å². The summed E-state index contributed by atoms with van der Waals surface area (Å²) in [6.07, 6.45) is 3.65. The molecule has 1 aromatic heterocycles. The average molecular weight is 343 g/mol. The normalized spacial score (nSPS) is 16.5. The van der Waals surface area contributed by atoms with E-state index in [4.69, 9.17) is 0 Å². The lowest BCUT2D eigenvalue weighted by Crippen LogP contribution is -2.30. The Labute approximate surface area is 142 Å². The minimum absolute atomic E-state index is 0.0888. The van der Waals surface area contributed by atoms with Crippen molar-refractivity contribution in [3.63, 3.8) is 0 Å². The van der Waals surface area contributed by atoms with Gasteiger partial charge in [-0.1, -0.05) is 18.2 Å². The summed E-state index contributed by atoms with van der Waals surface area (Å²) in [5.74, 6) is -1.57. The molecule has 2 heterocycles. The molecule has 6 nitrogen and oxygen atoms in total. The fourth-order valence-corrected chi connectivity index (χ4v) is 3.56. The van der Waals surface area contributed by atoms with Crippen LogP contribution >= 0.6 is 11.8 Å². The number of fused-ring (bicyclic) bond motifs is 1. The summed E-state index contributed by atoms with van der Waals surface area (Å²) in [6.45, 7) is 0.0888. The second-order valence-corrected chi connectivity index (χ2v) is 6.51. The van der Waals surface area contributed by atoms with E-state index in [1.54, 1.807) is 6.08 Å². The number of nitrogens with zero attached hydrogens (tertiary/aromatic N) is 2. The number of thioether (sulfide) groups is 1. The van der Waals surface area contributed by atoms with E-state index in [1.165, 1.54) is 0 Å². The minimum Gasteiger partial charge on any atom is -0.550 e. The van der Waals surface area contributed by atoms with Gasteiger partial charge in [0.15, 0.2) is 0 Å². The molecule has 1 fully saturated rings. The Bertz CT molecular complexity index is 869. The van der Waals surface area contributed by atoms with E-state index in [-0.39, 0.29) is 30.5 Å². The highest BCUT2D eigenvalue weighted by Crippen LogP contribution is 2.34. The summed E-state index contributed by atoms with van der Waals surface area (Å²) < 4.78 is 1.96. The number of aliphatic carboxylic acids is 1. The van der Waals surface area contributed by atoms with Crippen LogP contribution < -0.4 is 5.11 Å². The maximum atomic E-state index is 12.4. The third-order valence-corrected chi connectivity index (χ3v) is 4.76. The Morgan fingerprint density at radius 2 is 2.04 bits per heavy atom. The number of para-hydroxylation sites is 1. The number of imide groups is 1. The number of carbonyl (C=O) groups is 3. The largest absolute Gasteiger partial charge is 0.550 e. The molecule has 3 rings (SSSR count). The van der Waals surface area contributed by atoms with Gasteiger partial charge in [0.1, 0.15) is 0 Å². The summed E-state index contributed by atoms with van der Waals surface area (Å²) in [7, 11) is 1.92. The Hall–Kier alpha value is -2.54. The molecule has 0 unspecified atom stereocenters. The van der Waals surface area contributed by atoms with Gasteiger partial charge in [-0.2, -0.15) is 0 Å². The fraction of sp³-hybridized carbons (Fsp3) is 0.235. The van der Waals surface area contributed by atoms with Crippen molar-refractivity contribution < 1.29 is 19.5 Å². The SMILES string of the molecule is Cn1cc(/C=C2\SC(=O)N(CCCC(=O)[O-])C2=O)c2ccccc21. The van der Waals surface area contributed by atoms with Crippen LogP contribution in [-0.2, 0) is 16.6 Å². The Morgan fingerprint density at radius 3 is 2.79 bits per heavy atom. The van der Waals surface area contributed by atoms with Gasteiger partial charge in [0.25, 0.3) is 11.1 Å². The quantitative estimate of drug-likeness (QED) is 0.773. The maximum absolute atomic E-state index is 12.4. The first-order valence-electron chi connectivity index (χ1n) is 7.46. The van der Waals surface area contributed by atoms with Crippen LogP contribution in [0.5, 0.6) is 0 Å². The molecule has 124 valence electrons. The molecule has 0 spiro atoms. The first-order chi connectivity index (χ1) is 11.5. The van der Waals surface area contributed by atoms with Gasteiger partial charge in [-0.3, -0.25) is 14.5 Å². The van der Waals surface area contributed by atoms with E-state index in [0.29, 0.717) is 4.91 Å². The van der Waals surface area contributed by atoms with Gasteiger partial charge in [0.2, 0.25) is 0 Å². The van der Waals surface area contributed by atoms with Gasteiger partial charge >= 0.3 is 0 Å². The lowest BCUT2D eigenvalue weighted by atomic mass is 10.1. The zero-order valence-corrected chi connectivity index (χ0v) is 13.8. The molecule has 0 radical (unpaired) electrons. The number of hydrogen-bond donors (Lipinski definition) is 0. The molecule has 0 saturated carbocycles. The molecule has 0 N–H and O–H groups in total. The van der Waals surface area contributed by atoms with E-state index in [9.17, 15) is 19.5 Å². The van der Waals surface area contributed by atoms with Crippen LogP contribution in [0.15, 0.2) is 35.4 Å². The second kappa shape index (κ2) is 6.52. The standard InChI is InChI=1S/C17H16N2O4S/c1-18-10-11(12-5-2-3-6-13(12)18)9-14-16(22)19(17(23)24-14)8-4-7-15(20)21/h2-3,5-6,9-10H,4,7-8H2,1H3,(H,20,21)/p-1/b14-9-. The average Bonchev–Trinajstić information content (AvgIpc) is 2.99. The molecule has 1 aliphatic heterocycles. The maximum Gasteiger partial charge on any atom is 0.293 e. The van der Waals surface area contributed by atoms with E-state index >= 15 is 0 Å². The third kappa shape index (κ3) is 3.07. The second-order valence-electron chi connectivity index (χ2n) is 5.52. The smallest absolute Gasteiger partial charge is 0.293 e. The van der Waals surface area contributed by atoms with E-state index in [1.807, 2.05) is 42.1 Å². The molecule has 1 aliphatic rings. The molecule has 2 amide bonds. The molecule has 24 heavy (non-hydrogen) atoms. The lowest BCUT2D eigenvalue weighted by Gasteiger charge is -2.12. The summed E-state index contributed by atoms with van der Waals surface area (Å²) in [6, 6.07) is 7.81. The van der Waals surface area contributed by atoms with Gasteiger partial charge in [0.05, 0.1) is 4.91 Å². The molecule has 7 heteroatoms. The van der Waals surface area contributed by atoms with Crippen molar-refractivity contribution in [2.24, 2.45) is 7.05 Å². The van der Waals surface area contributed by atoms with Gasteiger partial charge in [-0.25, -0.2) is 0 Å². The fourth-order valence-electron chi connectivity index (χ4n) is 2.70. The molecular weight excluding hydrogens is 328 g/mol. The first kappa shape index (κ1) is 16.3. The van der Waals surface area contributed by atoms with E-state index < -0.39 is 5.97 Å². The molecule has 0 bridgehead atoms. The van der Waals surface area contributed by atoms with Crippen molar-refractivity contribution in [1.82, 2.24) is 9.47 Å². The van der Waals surface area contributed by atoms with E-state index in [0.717, 1.165) is 33.1 Å².